The maximum atomic E-state index is 13.5. The molecule has 0 radical (unpaired) electrons. The number of pyridine rings is 1. The van der Waals surface area contributed by atoms with Crippen molar-refractivity contribution in [3.05, 3.63) is 47.5 Å². The number of hydrogen-bond donors (Lipinski definition) is 1. The lowest BCUT2D eigenvalue weighted by atomic mass is 10.1. The second-order valence-electron chi connectivity index (χ2n) is 3.79. The van der Waals surface area contributed by atoms with Gasteiger partial charge in [0.2, 0.25) is 0 Å². The normalized spacial score (nSPS) is 11.6. The number of nitrogens with zero attached hydrogens (tertiary/aromatic N) is 1. The molecule has 1 aromatic carbocycles. The molecule has 2 nitrogen and oxygen atoms in total. The Hall–Kier alpha value is -2.18. The van der Waals surface area contributed by atoms with Gasteiger partial charge in [-0.25, -0.2) is 13.8 Å². The van der Waals surface area contributed by atoms with Crippen molar-refractivity contribution in [2.75, 3.05) is 5.73 Å². The van der Waals surface area contributed by atoms with Crippen LogP contribution in [0.5, 0.6) is 0 Å². The van der Waals surface area contributed by atoms with Crippen molar-refractivity contribution in [3.63, 3.8) is 0 Å². The van der Waals surface area contributed by atoms with Crippen LogP contribution < -0.4 is 5.73 Å². The summed E-state index contributed by atoms with van der Waals surface area (Å²) in [6.07, 6.45) is -4.62. The summed E-state index contributed by atoms with van der Waals surface area (Å²) >= 11 is 0. The monoisotopic (exact) mass is 274 g/mol. The first kappa shape index (κ1) is 13.3. The van der Waals surface area contributed by atoms with Crippen molar-refractivity contribution in [1.29, 1.82) is 0 Å². The first-order valence-electron chi connectivity index (χ1n) is 5.07. The number of aromatic nitrogens is 1. The average molecular weight is 274 g/mol. The predicted molar refractivity (Wildman–Crippen MR) is 59.0 cm³/mol. The van der Waals surface area contributed by atoms with Gasteiger partial charge in [-0.05, 0) is 24.3 Å². The summed E-state index contributed by atoms with van der Waals surface area (Å²) in [6, 6.07) is 3.80. The van der Waals surface area contributed by atoms with Gasteiger partial charge in [-0.1, -0.05) is 0 Å². The minimum atomic E-state index is -4.62. The molecule has 2 rings (SSSR count). The van der Waals surface area contributed by atoms with E-state index in [0.29, 0.717) is 18.2 Å². The van der Waals surface area contributed by atoms with Crippen molar-refractivity contribution in [2.24, 2.45) is 0 Å². The van der Waals surface area contributed by atoms with E-state index in [4.69, 9.17) is 5.73 Å². The smallest absolute Gasteiger partial charge is 0.384 e. The third-order valence-corrected chi connectivity index (χ3v) is 2.38. The summed E-state index contributed by atoms with van der Waals surface area (Å²) in [7, 11) is 0. The van der Waals surface area contributed by atoms with Gasteiger partial charge >= 0.3 is 6.18 Å². The minimum absolute atomic E-state index is 0.251. The van der Waals surface area contributed by atoms with Crippen LogP contribution in [0.15, 0.2) is 30.3 Å². The Bertz CT molecular complexity index is 622. The van der Waals surface area contributed by atoms with Crippen molar-refractivity contribution in [2.45, 2.75) is 6.18 Å². The lowest BCUT2D eigenvalue weighted by Gasteiger charge is -2.10. The van der Waals surface area contributed by atoms with Crippen LogP contribution in [0.1, 0.15) is 5.56 Å². The zero-order chi connectivity index (χ0) is 14.2. The summed E-state index contributed by atoms with van der Waals surface area (Å²) in [4.78, 5) is 3.62. The van der Waals surface area contributed by atoms with Crippen molar-refractivity contribution in [3.8, 4) is 11.3 Å². The van der Waals surface area contributed by atoms with E-state index in [1.807, 2.05) is 0 Å². The number of halogens is 5. The maximum absolute atomic E-state index is 13.5. The largest absolute Gasteiger partial charge is 0.416 e. The molecule has 0 amide bonds. The van der Waals surface area contributed by atoms with Gasteiger partial charge in [0, 0.05) is 11.6 Å². The highest BCUT2D eigenvalue weighted by Gasteiger charge is 2.31. The Kier molecular flexibility index (Phi) is 3.13. The van der Waals surface area contributed by atoms with E-state index in [0.717, 1.165) is 12.1 Å². The first-order valence-corrected chi connectivity index (χ1v) is 5.07. The highest BCUT2D eigenvalue weighted by Crippen LogP contribution is 2.33. The number of benzene rings is 1. The second-order valence-corrected chi connectivity index (χ2v) is 3.79. The summed E-state index contributed by atoms with van der Waals surface area (Å²) in [5.74, 6) is -2.24. The molecule has 2 aromatic rings. The number of anilines is 1. The molecule has 2 N–H and O–H groups in total. The molecule has 0 bridgehead atoms. The third-order valence-electron chi connectivity index (χ3n) is 2.38. The van der Waals surface area contributed by atoms with E-state index in [-0.39, 0.29) is 11.3 Å². The van der Waals surface area contributed by atoms with E-state index < -0.39 is 29.2 Å². The van der Waals surface area contributed by atoms with Crippen LogP contribution in [0.3, 0.4) is 0 Å². The molecule has 0 aliphatic heterocycles. The van der Waals surface area contributed by atoms with Crippen LogP contribution >= 0.6 is 0 Å². The van der Waals surface area contributed by atoms with Crippen molar-refractivity contribution >= 4 is 5.82 Å². The number of alkyl halides is 3. The van der Waals surface area contributed by atoms with E-state index >= 15 is 0 Å². The first-order chi connectivity index (χ1) is 8.77. The topological polar surface area (TPSA) is 38.9 Å². The molecular weight excluding hydrogens is 267 g/mol. The van der Waals surface area contributed by atoms with Crippen LogP contribution in [-0.4, -0.2) is 4.98 Å². The fourth-order valence-corrected chi connectivity index (χ4v) is 1.55. The van der Waals surface area contributed by atoms with Gasteiger partial charge < -0.3 is 5.73 Å². The second kappa shape index (κ2) is 4.49. The Morgan fingerprint density at radius 3 is 2.26 bits per heavy atom. The Balaban J connectivity index is 2.59. The fourth-order valence-electron chi connectivity index (χ4n) is 1.55. The summed E-state index contributed by atoms with van der Waals surface area (Å²) < 4.78 is 64.0. The Morgan fingerprint density at radius 1 is 1.00 bits per heavy atom. The lowest BCUT2D eigenvalue weighted by Crippen LogP contribution is -2.07. The van der Waals surface area contributed by atoms with Crippen molar-refractivity contribution < 1.29 is 22.0 Å². The van der Waals surface area contributed by atoms with Gasteiger partial charge in [0.05, 0.1) is 11.3 Å². The number of nitrogens with two attached hydrogens (primary N) is 1. The van der Waals surface area contributed by atoms with Crippen LogP contribution in [-0.2, 0) is 6.18 Å². The van der Waals surface area contributed by atoms with E-state index in [9.17, 15) is 22.0 Å². The molecule has 0 unspecified atom stereocenters. The lowest BCUT2D eigenvalue weighted by molar-refractivity contribution is -0.137. The van der Waals surface area contributed by atoms with Gasteiger partial charge in [0.25, 0.3) is 0 Å². The molecule has 0 atom stereocenters. The predicted octanol–water partition coefficient (Wildman–Crippen LogP) is 3.63. The van der Waals surface area contributed by atoms with Gasteiger partial charge in [-0.3, -0.25) is 0 Å². The van der Waals surface area contributed by atoms with Gasteiger partial charge in [-0.15, -0.1) is 0 Å². The zero-order valence-corrected chi connectivity index (χ0v) is 9.30. The molecule has 100 valence electrons. The van der Waals surface area contributed by atoms with Crippen LogP contribution in [0, 0.1) is 11.6 Å². The molecule has 1 heterocycles. The van der Waals surface area contributed by atoms with Crippen LogP contribution in [0.25, 0.3) is 11.3 Å². The summed E-state index contributed by atoms with van der Waals surface area (Å²) in [5, 5.41) is 0. The standard InChI is InChI=1S/C12H7F5N2/c13-7-1-2-8(9(14)5-7)10-3-6(12(15,16)17)4-11(18)19-10/h1-5H,(H2,18,19). The molecule has 0 aliphatic carbocycles. The van der Waals surface area contributed by atoms with Gasteiger partial charge in [0.15, 0.2) is 0 Å². The fraction of sp³-hybridized carbons (Fsp3) is 0.0833. The molecule has 0 saturated carbocycles. The molecule has 0 spiro atoms. The average Bonchev–Trinajstić information content (AvgIpc) is 2.26. The Labute approximate surface area is 104 Å². The van der Waals surface area contributed by atoms with E-state index in [1.165, 1.54) is 0 Å². The number of hydrogen-bond acceptors (Lipinski definition) is 2. The van der Waals surface area contributed by atoms with Crippen LogP contribution in [0.2, 0.25) is 0 Å². The molecule has 0 fully saturated rings. The van der Waals surface area contributed by atoms with E-state index in [1.54, 1.807) is 0 Å². The number of nitrogen functional groups attached to an aromatic ring is 1. The molecule has 0 aliphatic rings. The Morgan fingerprint density at radius 2 is 1.68 bits per heavy atom. The maximum Gasteiger partial charge on any atom is 0.416 e. The summed E-state index contributed by atoms with van der Waals surface area (Å²) in [5.41, 5.74) is 3.67. The molecule has 1 aromatic heterocycles. The minimum Gasteiger partial charge on any atom is -0.384 e. The molecule has 19 heavy (non-hydrogen) atoms. The quantitative estimate of drug-likeness (QED) is 0.806. The number of rotatable bonds is 1. The SMILES string of the molecule is Nc1cc(C(F)(F)F)cc(-c2ccc(F)cc2F)n1. The van der Waals surface area contributed by atoms with Crippen molar-refractivity contribution in [1.82, 2.24) is 4.98 Å². The highest BCUT2D eigenvalue weighted by atomic mass is 19.4. The van der Waals surface area contributed by atoms with E-state index in [2.05, 4.69) is 4.98 Å². The van der Waals surface area contributed by atoms with Crippen LogP contribution in [0.4, 0.5) is 27.8 Å². The third kappa shape index (κ3) is 2.81. The highest BCUT2D eigenvalue weighted by molar-refractivity contribution is 5.63. The molecule has 0 saturated heterocycles. The zero-order valence-electron chi connectivity index (χ0n) is 9.30. The van der Waals surface area contributed by atoms with Gasteiger partial charge in [-0.2, -0.15) is 13.2 Å². The van der Waals surface area contributed by atoms with Gasteiger partial charge in [0.1, 0.15) is 17.5 Å². The molecular formula is C12H7F5N2. The molecule has 7 heteroatoms. The summed E-state index contributed by atoms with van der Waals surface area (Å²) in [6.45, 7) is 0.